The third-order valence-electron chi connectivity index (χ3n) is 6.68. The van der Waals surface area contributed by atoms with Gasteiger partial charge in [-0.15, -0.1) is 11.3 Å². The molecule has 0 radical (unpaired) electrons. The summed E-state index contributed by atoms with van der Waals surface area (Å²) >= 11 is 1.73. The van der Waals surface area contributed by atoms with Crippen LogP contribution in [0.3, 0.4) is 0 Å². The van der Waals surface area contributed by atoms with Crippen molar-refractivity contribution in [3.8, 4) is 10.4 Å². The van der Waals surface area contributed by atoms with Gasteiger partial charge in [-0.05, 0) is 62.1 Å². The molecule has 2 fully saturated rings. The third kappa shape index (κ3) is 3.88. The number of hydrogen-bond acceptors (Lipinski definition) is 5. The van der Waals surface area contributed by atoms with Crippen LogP contribution >= 0.6 is 11.3 Å². The van der Waals surface area contributed by atoms with E-state index in [0.717, 1.165) is 68.6 Å². The van der Waals surface area contributed by atoms with Gasteiger partial charge in [-0.2, -0.15) is 5.10 Å². The van der Waals surface area contributed by atoms with E-state index in [1.54, 1.807) is 18.4 Å². The number of pyridine rings is 1. The molecule has 5 rings (SSSR count). The van der Waals surface area contributed by atoms with Crippen LogP contribution in [0, 0.1) is 5.92 Å². The molecule has 1 aliphatic heterocycles. The number of amides is 1. The zero-order valence-corrected chi connectivity index (χ0v) is 18.2. The summed E-state index contributed by atoms with van der Waals surface area (Å²) in [5.74, 6) is 1.75. The average Bonchev–Trinajstić information content (AvgIpc) is 3.48. The number of hydrogen-bond donors (Lipinski definition) is 0. The summed E-state index contributed by atoms with van der Waals surface area (Å²) in [5.41, 5.74) is 2.05. The fourth-order valence-corrected chi connectivity index (χ4v) is 5.54. The molecule has 3 aromatic heterocycles. The number of piperidine rings is 1. The van der Waals surface area contributed by atoms with Crippen LogP contribution in [0.2, 0.25) is 0 Å². The second-order valence-electron chi connectivity index (χ2n) is 8.48. The molecular weight excluding hydrogens is 396 g/mol. The summed E-state index contributed by atoms with van der Waals surface area (Å²) in [6.45, 7) is 1.62. The molecule has 0 aromatic carbocycles. The predicted molar refractivity (Wildman–Crippen MR) is 118 cm³/mol. The molecule has 3 aromatic rings. The van der Waals surface area contributed by atoms with E-state index in [1.165, 1.54) is 4.88 Å². The average molecular weight is 425 g/mol. The van der Waals surface area contributed by atoms with Crippen molar-refractivity contribution in [2.75, 3.05) is 20.2 Å². The van der Waals surface area contributed by atoms with Crippen LogP contribution in [-0.2, 0) is 9.53 Å². The fourth-order valence-electron chi connectivity index (χ4n) is 4.82. The number of nitrogens with zero attached hydrogens (tertiary/aromatic N) is 4. The maximum absolute atomic E-state index is 12.9. The lowest BCUT2D eigenvalue weighted by Crippen LogP contribution is -2.42. The van der Waals surface area contributed by atoms with Gasteiger partial charge < -0.3 is 9.64 Å². The Morgan fingerprint density at radius 2 is 1.90 bits per heavy atom. The van der Waals surface area contributed by atoms with Gasteiger partial charge >= 0.3 is 0 Å². The molecule has 1 aliphatic carbocycles. The van der Waals surface area contributed by atoms with Gasteiger partial charge in [0.25, 0.3) is 0 Å². The molecule has 2 aliphatic rings. The van der Waals surface area contributed by atoms with Crippen LogP contribution in [0.5, 0.6) is 0 Å². The monoisotopic (exact) mass is 424 g/mol. The standard InChI is InChI=1S/C23H28N4O2S/c1-29-19-7-4-17(5-8-19)23(28)26-12-10-16(11-13-26)22-24-21-9-6-18(15-27(21)25-22)20-3-2-14-30-20/h2-3,6,9,14-17,19H,4-5,7-8,10-13H2,1H3. The molecule has 158 valence electrons. The molecule has 7 heteroatoms. The second-order valence-corrected chi connectivity index (χ2v) is 9.42. The van der Waals surface area contributed by atoms with Gasteiger partial charge in [-0.1, -0.05) is 6.07 Å². The SMILES string of the molecule is COC1CCC(C(=O)N2CCC(c3nc4ccc(-c5cccs5)cn4n3)CC2)CC1. The predicted octanol–water partition coefficient (Wildman–Crippen LogP) is 4.37. The van der Waals surface area contributed by atoms with Crippen LogP contribution in [0.4, 0.5) is 0 Å². The molecule has 4 heterocycles. The Morgan fingerprint density at radius 3 is 2.60 bits per heavy atom. The summed E-state index contributed by atoms with van der Waals surface area (Å²) in [7, 11) is 1.77. The van der Waals surface area contributed by atoms with Crippen LogP contribution < -0.4 is 0 Å². The van der Waals surface area contributed by atoms with Crippen LogP contribution in [0.25, 0.3) is 16.1 Å². The maximum atomic E-state index is 12.9. The lowest BCUT2D eigenvalue weighted by atomic mass is 9.85. The number of aromatic nitrogens is 3. The van der Waals surface area contributed by atoms with Crippen molar-refractivity contribution < 1.29 is 9.53 Å². The van der Waals surface area contributed by atoms with Crippen LogP contribution in [0.15, 0.2) is 35.8 Å². The molecule has 0 unspecified atom stereocenters. The second kappa shape index (κ2) is 8.47. The van der Waals surface area contributed by atoms with Gasteiger partial charge in [-0.25, -0.2) is 9.50 Å². The quantitative estimate of drug-likeness (QED) is 0.624. The number of carbonyl (C=O) groups excluding carboxylic acids is 1. The first-order valence-electron chi connectivity index (χ1n) is 10.9. The zero-order chi connectivity index (χ0) is 20.5. The molecule has 0 bridgehead atoms. The Balaban J connectivity index is 1.22. The molecule has 1 amide bonds. The summed E-state index contributed by atoms with van der Waals surface area (Å²) in [4.78, 5) is 21.0. The highest BCUT2D eigenvalue weighted by Crippen LogP contribution is 2.31. The van der Waals surface area contributed by atoms with Gasteiger partial charge in [0.05, 0.1) is 6.10 Å². The highest BCUT2D eigenvalue weighted by atomic mass is 32.1. The van der Waals surface area contributed by atoms with Gasteiger partial charge in [0, 0.05) is 48.7 Å². The van der Waals surface area contributed by atoms with Crippen molar-refractivity contribution in [2.45, 2.75) is 50.5 Å². The Kier molecular flexibility index (Phi) is 5.56. The number of carbonyl (C=O) groups is 1. The highest BCUT2D eigenvalue weighted by Gasteiger charge is 2.32. The van der Waals surface area contributed by atoms with Crippen molar-refractivity contribution in [3.05, 3.63) is 41.7 Å². The lowest BCUT2D eigenvalue weighted by Gasteiger charge is -2.35. The van der Waals surface area contributed by atoms with E-state index in [-0.39, 0.29) is 5.92 Å². The Hall–Kier alpha value is -2.25. The Bertz CT molecular complexity index is 1000. The minimum atomic E-state index is 0.178. The Morgan fingerprint density at radius 1 is 1.10 bits per heavy atom. The fraction of sp³-hybridized carbons (Fsp3) is 0.522. The topological polar surface area (TPSA) is 59.7 Å². The molecule has 0 atom stereocenters. The first-order chi connectivity index (χ1) is 14.7. The highest BCUT2D eigenvalue weighted by molar-refractivity contribution is 7.13. The van der Waals surface area contributed by atoms with Crippen molar-refractivity contribution in [1.29, 1.82) is 0 Å². The van der Waals surface area contributed by atoms with E-state index in [2.05, 4.69) is 34.7 Å². The third-order valence-corrected chi connectivity index (χ3v) is 7.60. The molecule has 30 heavy (non-hydrogen) atoms. The van der Waals surface area contributed by atoms with Crippen molar-refractivity contribution in [2.24, 2.45) is 5.92 Å². The van der Waals surface area contributed by atoms with Crippen LogP contribution in [-0.4, -0.2) is 51.7 Å². The number of fused-ring (bicyclic) bond motifs is 1. The summed E-state index contributed by atoms with van der Waals surface area (Å²) < 4.78 is 7.34. The van der Waals surface area contributed by atoms with Crippen LogP contribution in [0.1, 0.15) is 50.3 Å². The van der Waals surface area contributed by atoms with Gasteiger partial charge in [0.15, 0.2) is 11.5 Å². The molecule has 1 saturated carbocycles. The van der Waals surface area contributed by atoms with Crippen molar-refractivity contribution in [3.63, 3.8) is 0 Å². The molecular formula is C23H28N4O2S. The smallest absolute Gasteiger partial charge is 0.225 e. The number of thiophene rings is 1. The number of rotatable bonds is 4. The largest absolute Gasteiger partial charge is 0.381 e. The first-order valence-corrected chi connectivity index (χ1v) is 11.8. The number of methoxy groups -OCH3 is 1. The zero-order valence-electron chi connectivity index (χ0n) is 17.4. The number of likely N-dealkylation sites (tertiary alicyclic amines) is 1. The molecule has 0 spiro atoms. The van der Waals surface area contributed by atoms with Crippen molar-refractivity contribution in [1.82, 2.24) is 19.5 Å². The minimum Gasteiger partial charge on any atom is -0.381 e. The van der Waals surface area contributed by atoms with E-state index >= 15 is 0 Å². The Labute approximate surface area is 180 Å². The van der Waals surface area contributed by atoms with Gasteiger partial charge in [0.1, 0.15) is 0 Å². The summed E-state index contributed by atoms with van der Waals surface area (Å²) in [5, 5.41) is 6.87. The van der Waals surface area contributed by atoms with E-state index in [0.29, 0.717) is 17.9 Å². The minimum absolute atomic E-state index is 0.178. The van der Waals surface area contributed by atoms with Gasteiger partial charge in [-0.3, -0.25) is 4.79 Å². The van der Waals surface area contributed by atoms with E-state index < -0.39 is 0 Å². The molecule has 0 N–H and O–H groups in total. The molecule has 6 nitrogen and oxygen atoms in total. The summed E-state index contributed by atoms with van der Waals surface area (Å²) in [6.07, 6.45) is 8.19. The van der Waals surface area contributed by atoms with E-state index in [4.69, 9.17) is 14.8 Å². The van der Waals surface area contributed by atoms with Gasteiger partial charge in [0.2, 0.25) is 5.91 Å². The summed E-state index contributed by atoms with van der Waals surface area (Å²) in [6, 6.07) is 8.34. The lowest BCUT2D eigenvalue weighted by molar-refractivity contribution is -0.138. The maximum Gasteiger partial charge on any atom is 0.225 e. The van der Waals surface area contributed by atoms with E-state index in [9.17, 15) is 4.79 Å². The first kappa shape index (κ1) is 19.7. The molecule has 1 saturated heterocycles. The normalized spacial score (nSPS) is 23.2. The number of ether oxygens (including phenoxy) is 1. The van der Waals surface area contributed by atoms with E-state index in [1.807, 2.05) is 10.6 Å². The van der Waals surface area contributed by atoms with Crippen molar-refractivity contribution >= 4 is 22.9 Å².